The number of aromatic nitrogens is 3. The average Bonchev–Trinajstić information content (AvgIpc) is 2.87. The number of ether oxygens (including phenoxy) is 2. The number of H-pyrrole nitrogens is 1. The summed E-state index contributed by atoms with van der Waals surface area (Å²) in [6, 6.07) is 3.95. The number of nitrogens with one attached hydrogen (secondary N) is 2. The summed E-state index contributed by atoms with van der Waals surface area (Å²) in [5.41, 5.74) is 4.31. The van der Waals surface area contributed by atoms with Crippen LogP contribution in [0.1, 0.15) is 32.2 Å². The molecule has 1 aromatic heterocycles. The van der Waals surface area contributed by atoms with Crippen LogP contribution in [0, 0.1) is 4.77 Å². The van der Waals surface area contributed by atoms with Gasteiger partial charge in [-0.1, -0.05) is 6.92 Å². The van der Waals surface area contributed by atoms with Crippen LogP contribution in [0.15, 0.2) is 16.6 Å². The Morgan fingerprint density at radius 3 is 2.78 bits per heavy atom. The first-order chi connectivity index (χ1) is 11.0. The normalized spacial score (nSPS) is 10.9. The van der Waals surface area contributed by atoms with Gasteiger partial charge in [0.25, 0.3) is 0 Å². The van der Waals surface area contributed by atoms with Crippen molar-refractivity contribution < 1.29 is 9.47 Å². The van der Waals surface area contributed by atoms with Crippen molar-refractivity contribution in [2.75, 3.05) is 12.5 Å². The average molecular weight is 401 g/mol. The molecule has 0 bridgehead atoms. The van der Waals surface area contributed by atoms with E-state index in [1.165, 1.54) is 0 Å². The Morgan fingerprint density at radius 2 is 2.17 bits per heavy atom. The van der Waals surface area contributed by atoms with Crippen LogP contribution >= 0.6 is 28.1 Å². The number of hydrogen-bond donors (Lipinski definition) is 2. The second kappa shape index (κ2) is 7.83. The molecule has 6 nitrogen and oxygen atoms in total. The van der Waals surface area contributed by atoms with Gasteiger partial charge in [0.15, 0.2) is 17.3 Å². The second-order valence-electron chi connectivity index (χ2n) is 5.24. The summed E-state index contributed by atoms with van der Waals surface area (Å²) < 4.78 is 14.4. The zero-order chi connectivity index (χ0) is 17.0. The molecule has 2 rings (SSSR count). The van der Waals surface area contributed by atoms with E-state index in [9.17, 15) is 0 Å². The SMILES string of the molecule is CCc1n[nH]c(=S)n1NCc1cc(Br)c(OC(C)C)c(OC)c1. The second-order valence-corrected chi connectivity index (χ2v) is 6.49. The number of halogens is 1. The first-order valence-corrected chi connectivity index (χ1v) is 8.59. The highest BCUT2D eigenvalue weighted by atomic mass is 79.9. The minimum absolute atomic E-state index is 0.0700. The van der Waals surface area contributed by atoms with E-state index in [0.717, 1.165) is 22.3 Å². The van der Waals surface area contributed by atoms with E-state index < -0.39 is 0 Å². The molecule has 0 spiro atoms. The zero-order valence-electron chi connectivity index (χ0n) is 13.6. The number of rotatable bonds is 7. The molecule has 0 aliphatic carbocycles. The fraction of sp³-hybridized carbons (Fsp3) is 0.467. The van der Waals surface area contributed by atoms with Crippen LogP contribution in [-0.4, -0.2) is 28.1 Å². The molecule has 1 aromatic carbocycles. The molecule has 0 radical (unpaired) electrons. The number of aromatic amines is 1. The molecule has 0 fully saturated rings. The molecule has 0 aliphatic heterocycles. The molecule has 0 saturated heterocycles. The molecule has 8 heteroatoms. The van der Waals surface area contributed by atoms with Crippen LogP contribution in [0.4, 0.5) is 0 Å². The van der Waals surface area contributed by atoms with Crippen molar-refractivity contribution >= 4 is 28.1 Å². The van der Waals surface area contributed by atoms with E-state index in [1.807, 2.05) is 32.9 Å². The van der Waals surface area contributed by atoms with Gasteiger partial charge in [-0.15, -0.1) is 0 Å². The molecular formula is C15H21BrN4O2S. The standard InChI is InChI=1S/C15H21BrN4O2S/c1-5-13-18-19-15(23)20(13)17-8-10-6-11(16)14(22-9(2)3)12(7-10)21-4/h6-7,9,17H,5,8H2,1-4H3,(H,19,23). The van der Waals surface area contributed by atoms with Crippen molar-refractivity contribution in [2.24, 2.45) is 0 Å². The molecule has 126 valence electrons. The summed E-state index contributed by atoms with van der Waals surface area (Å²) in [5, 5.41) is 6.96. The molecule has 2 N–H and O–H groups in total. The summed E-state index contributed by atoms with van der Waals surface area (Å²) in [6.45, 7) is 6.57. The highest BCUT2D eigenvalue weighted by molar-refractivity contribution is 9.10. The molecule has 1 heterocycles. The molecule has 0 atom stereocenters. The Balaban J connectivity index is 2.22. The quantitative estimate of drug-likeness (QED) is 0.691. The Hall–Kier alpha value is -1.54. The fourth-order valence-electron chi connectivity index (χ4n) is 2.13. The third kappa shape index (κ3) is 4.26. The third-order valence-corrected chi connectivity index (χ3v) is 4.01. The predicted octanol–water partition coefficient (Wildman–Crippen LogP) is 3.81. The van der Waals surface area contributed by atoms with Crippen molar-refractivity contribution in [2.45, 2.75) is 39.8 Å². The number of hydrogen-bond acceptors (Lipinski definition) is 5. The smallest absolute Gasteiger partial charge is 0.214 e. The Labute approximate surface area is 149 Å². The van der Waals surface area contributed by atoms with Crippen molar-refractivity contribution in [3.8, 4) is 11.5 Å². The highest BCUT2D eigenvalue weighted by Crippen LogP contribution is 2.37. The van der Waals surface area contributed by atoms with Gasteiger partial charge in [0.1, 0.15) is 0 Å². The summed E-state index contributed by atoms with van der Waals surface area (Å²) in [7, 11) is 1.63. The monoisotopic (exact) mass is 400 g/mol. The van der Waals surface area contributed by atoms with Gasteiger partial charge in [0.2, 0.25) is 4.77 Å². The Bertz CT molecular complexity index is 727. The number of aryl methyl sites for hydroxylation is 1. The molecule has 2 aromatic rings. The maximum absolute atomic E-state index is 5.80. The van der Waals surface area contributed by atoms with E-state index >= 15 is 0 Å². The minimum atomic E-state index is 0.0700. The van der Waals surface area contributed by atoms with Crippen molar-refractivity contribution in [3.05, 3.63) is 32.8 Å². The van der Waals surface area contributed by atoms with Gasteiger partial charge in [-0.2, -0.15) is 5.10 Å². The maximum atomic E-state index is 5.80. The lowest BCUT2D eigenvalue weighted by Crippen LogP contribution is -2.17. The first kappa shape index (κ1) is 17.8. The van der Waals surface area contributed by atoms with E-state index in [1.54, 1.807) is 11.8 Å². The van der Waals surface area contributed by atoms with Gasteiger partial charge in [-0.3, -0.25) is 5.10 Å². The molecule has 0 unspecified atom stereocenters. The molecule has 0 aliphatic rings. The largest absolute Gasteiger partial charge is 0.493 e. The lowest BCUT2D eigenvalue weighted by atomic mass is 10.2. The van der Waals surface area contributed by atoms with Gasteiger partial charge in [0.05, 0.1) is 24.2 Å². The van der Waals surface area contributed by atoms with Crippen LogP contribution in [0.3, 0.4) is 0 Å². The molecule has 23 heavy (non-hydrogen) atoms. The zero-order valence-corrected chi connectivity index (χ0v) is 16.0. The molecular weight excluding hydrogens is 380 g/mol. The van der Waals surface area contributed by atoms with Crippen LogP contribution in [-0.2, 0) is 13.0 Å². The minimum Gasteiger partial charge on any atom is -0.493 e. The fourth-order valence-corrected chi connectivity index (χ4v) is 2.92. The third-order valence-electron chi connectivity index (χ3n) is 3.14. The van der Waals surface area contributed by atoms with Crippen LogP contribution in [0.25, 0.3) is 0 Å². The van der Waals surface area contributed by atoms with Crippen molar-refractivity contribution in [3.63, 3.8) is 0 Å². The summed E-state index contributed by atoms with van der Waals surface area (Å²) >= 11 is 8.78. The summed E-state index contributed by atoms with van der Waals surface area (Å²) in [6.07, 6.45) is 0.856. The van der Waals surface area contributed by atoms with E-state index in [2.05, 4.69) is 31.6 Å². The van der Waals surface area contributed by atoms with E-state index in [-0.39, 0.29) is 6.10 Å². The summed E-state index contributed by atoms with van der Waals surface area (Å²) in [5.74, 6) is 2.26. The lowest BCUT2D eigenvalue weighted by Gasteiger charge is -2.17. The van der Waals surface area contributed by atoms with Gasteiger partial charge < -0.3 is 14.9 Å². The summed E-state index contributed by atoms with van der Waals surface area (Å²) in [4.78, 5) is 0. The Kier molecular flexibility index (Phi) is 6.06. The molecule has 0 saturated carbocycles. The van der Waals surface area contributed by atoms with Gasteiger partial charge in [0, 0.05) is 6.42 Å². The van der Waals surface area contributed by atoms with Crippen molar-refractivity contribution in [1.29, 1.82) is 0 Å². The van der Waals surface area contributed by atoms with Crippen LogP contribution in [0.5, 0.6) is 11.5 Å². The number of nitrogens with zero attached hydrogens (tertiary/aromatic N) is 2. The van der Waals surface area contributed by atoms with Crippen LogP contribution in [0.2, 0.25) is 0 Å². The lowest BCUT2D eigenvalue weighted by molar-refractivity contribution is 0.228. The maximum Gasteiger partial charge on any atom is 0.214 e. The number of benzene rings is 1. The Morgan fingerprint density at radius 1 is 1.43 bits per heavy atom. The van der Waals surface area contributed by atoms with Gasteiger partial charge in [-0.25, -0.2) is 4.68 Å². The highest BCUT2D eigenvalue weighted by Gasteiger charge is 2.13. The van der Waals surface area contributed by atoms with Gasteiger partial charge >= 0.3 is 0 Å². The first-order valence-electron chi connectivity index (χ1n) is 7.39. The number of methoxy groups -OCH3 is 1. The van der Waals surface area contributed by atoms with E-state index in [0.29, 0.717) is 22.8 Å². The van der Waals surface area contributed by atoms with Crippen LogP contribution < -0.4 is 14.9 Å². The molecule has 0 amide bonds. The predicted molar refractivity (Wildman–Crippen MR) is 96.3 cm³/mol. The van der Waals surface area contributed by atoms with E-state index in [4.69, 9.17) is 21.7 Å². The van der Waals surface area contributed by atoms with Gasteiger partial charge in [-0.05, 0) is 59.7 Å². The van der Waals surface area contributed by atoms with Crippen molar-refractivity contribution in [1.82, 2.24) is 14.9 Å². The topological polar surface area (TPSA) is 64.1 Å².